The molecule has 1 aromatic carbocycles. The second-order valence-corrected chi connectivity index (χ2v) is 7.90. The maximum atomic E-state index is 13.8. The minimum atomic E-state index is -4.78. The first-order valence-corrected chi connectivity index (χ1v) is 9.30. The number of sulfonamides is 1. The fourth-order valence-electron chi connectivity index (χ4n) is 2.71. The van der Waals surface area contributed by atoms with E-state index in [2.05, 4.69) is 6.58 Å². The fourth-order valence-corrected chi connectivity index (χ4v) is 4.34. The van der Waals surface area contributed by atoms with Gasteiger partial charge in [-0.25, -0.2) is 17.2 Å². The monoisotopic (exact) mass is 412 g/mol. The lowest BCUT2D eigenvalue weighted by atomic mass is 10.1. The third kappa shape index (κ3) is 4.83. The Morgan fingerprint density at radius 3 is 2.44 bits per heavy atom. The van der Waals surface area contributed by atoms with Crippen molar-refractivity contribution in [1.29, 1.82) is 0 Å². The molecule has 5 nitrogen and oxygen atoms in total. The molecule has 1 aliphatic heterocycles. The van der Waals surface area contributed by atoms with E-state index in [0.717, 1.165) is 30.3 Å². The lowest BCUT2D eigenvalue weighted by molar-refractivity contribution is -0.162. The molecule has 0 radical (unpaired) electrons. The Balaban J connectivity index is 2.28. The van der Waals surface area contributed by atoms with Gasteiger partial charge in [0.2, 0.25) is 15.9 Å². The first-order valence-electron chi connectivity index (χ1n) is 7.86. The van der Waals surface area contributed by atoms with Crippen molar-refractivity contribution in [2.75, 3.05) is 6.54 Å². The summed E-state index contributed by atoms with van der Waals surface area (Å²) in [6.07, 6.45) is -6.74. The number of alkyl halides is 4. The van der Waals surface area contributed by atoms with E-state index in [1.165, 1.54) is 0 Å². The Labute approximate surface area is 152 Å². The summed E-state index contributed by atoms with van der Waals surface area (Å²) in [5.74, 6) is -1.96. The van der Waals surface area contributed by atoms with Crippen LogP contribution >= 0.6 is 0 Å². The molecule has 3 atom stereocenters. The van der Waals surface area contributed by atoms with Crippen LogP contribution in [0, 0.1) is 5.82 Å². The van der Waals surface area contributed by atoms with Gasteiger partial charge in [-0.2, -0.15) is 17.5 Å². The van der Waals surface area contributed by atoms with Crippen molar-refractivity contribution < 1.29 is 35.2 Å². The van der Waals surface area contributed by atoms with Crippen LogP contribution in [0.2, 0.25) is 0 Å². The van der Waals surface area contributed by atoms with Crippen molar-refractivity contribution in [3.05, 3.63) is 42.7 Å². The van der Waals surface area contributed by atoms with E-state index in [4.69, 9.17) is 0 Å². The molecule has 1 saturated heterocycles. The molecule has 0 saturated carbocycles. The highest BCUT2D eigenvalue weighted by Crippen LogP contribution is 2.29. The van der Waals surface area contributed by atoms with Gasteiger partial charge in [-0.05, 0) is 30.7 Å². The quantitative estimate of drug-likeness (QED) is 0.577. The van der Waals surface area contributed by atoms with Gasteiger partial charge in [0.05, 0.1) is 4.90 Å². The summed E-state index contributed by atoms with van der Waals surface area (Å²) in [5.41, 5.74) is 0. The van der Waals surface area contributed by atoms with E-state index in [0.29, 0.717) is 4.31 Å². The van der Waals surface area contributed by atoms with E-state index in [1.54, 1.807) is 5.32 Å². The first-order chi connectivity index (χ1) is 12.5. The Morgan fingerprint density at radius 2 is 1.93 bits per heavy atom. The summed E-state index contributed by atoms with van der Waals surface area (Å²) in [6.45, 7) is 2.50. The minimum absolute atomic E-state index is 0.394. The number of nitrogens with one attached hydrogen (secondary N) is 1. The molecule has 0 aromatic heterocycles. The molecule has 11 heteroatoms. The zero-order valence-corrected chi connectivity index (χ0v) is 14.7. The summed E-state index contributed by atoms with van der Waals surface area (Å²) in [6, 6.07) is -0.312. The number of hydrogen-bond donors (Lipinski definition) is 1. The molecular formula is C16H17F5N2O3S. The van der Waals surface area contributed by atoms with Crippen LogP contribution in [0.15, 0.2) is 41.8 Å². The molecule has 0 bridgehead atoms. The van der Waals surface area contributed by atoms with E-state index in [-0.39, 0.29) is 0 Å². The number of rotatable bonds is 6. The highest BCUT2D eigenvalue weighted by atomic mass is 32.2. The Hall–Kier alpha value is -2.01. The first kappa shape index (κ1) is 21.3. The smallest absolute Gasteiger partial charge is 0.343 e. The lowest BCUT2D eigenvalue weighted by Crippen LogP contribution is -2.52. The predicted molar refractivity (Wildman–Crippen MR) is 86.4 cm³/mol. The molecule has 1 N–H and O–H groups in total. The van der Waals surface area contributed by atoms with Gasteiger partial charge < -0.3 is 5.32 Å². The van der Waals surface area contributed by atoms with Crippen molar-refractivity contribution in [3.63, 3.8) is 0 Å². The second-order valence-electron chi connectivity index (χ2n) is 6.00. The third-order valence-corrected chi connectivity index (χ3v) is 5.93. The molecule has 1 aliphatic rings. The van der Waals surface area contributed by atoms with Crippen LogP contribution in [0.1, 0.15) is 12.8 Å². The van der Waals surface area contributed by atoms with Crippen molar-refractivity contribution in [2.24, 2.45) is 0 Å². The van der Waals surface area contributed by atoms with Gasteiger partial charge in [-0.1, -0.05) is 6.08 Å². The molecule has 0 aliphatic carbocycles. The number of hydrogen-bond acceptors (Lipinski definition) is 3. The van der Waals surface area contributed by atoms with Crippen molar-refractivity contribution >= 4 is 15.9 Å². The average Bonchev–Trinajstić information content (AvgIpc) is 2.97. The van der Waals surface area contributed by atoms with Gasteiger partial charge in [0.25, 0.3) is 0 Å². The van der Waals surface area contributed by atoms with Gasteiger partial charge in [-0.15, -0.1) is 6.58 Å². The van der Waals surface area contributed by atoms with Gasteiger partial charge in [0, 0.05) is 13.0 Å². The normalized spacial score (nSPS) is 22.4. The predicted octanol–water partition coefficient (Wildman–Crippen LogP) is 2.55. The molecule has 0 spiro atoms. The van der Waals surface area contributed by atoms with Crippen LogP contribution < -0.4 is 5.32 Å². The molecule has 1 fully saturated rings. The Kier molecular flexibility index (Phi) is 6.25. The fraction of sp³-hybridized carbons (Fsp3) is 0.438. The number of benzene rings is 1. The second kappa shape index (κ2) is 7.93. The summed E-state index contributed by atoms with van der Waals surface area (Å²) >= 11 is 0. The van der Waals surface area contributed by atoms with Crippen LogP contribution in [0.3, 0.4) is 0 Å². The van der Waals surface area contributed by atoms with E-state index < -0.39 is 70.5 Å². The van der Waals surface area contributed by atoms with E-state index >= 15 is 0 Å². The average molecular weight is 412 g/mol. The topological polar surface area (TPSA) is 66.5 Å². The van der Waals surface area contributed by atoms with Crippen molar-refractivity contribution in [3.8, 4) is 0 Å². The summed E-state index contributed by atoms with van der Waals surface area (Å²) in [5, 5.41) is 1.72. The van der Waals surface area contributed by atoms with Crippen molar-refractivity contribution in [2.45, 2.75) is 42.2 Å². The standard InChI is InChI=1S/C16H17F5N2O3S/c1-2-3-14(16(19,20)21)22-15(24)13-8-11(18)9-23(13)27(25,26)12-6-4-10(17)5-7-12/h2,4-7,11,13-14H,1,3,8-9H2,(H,22,24)/t11-,13+,14?/m1/s1. The Morgan fingerprint density at radius 1 is 1.33 bits per heavy atom. The number of carbonyl (C=O) groups is 1. The van der Waals surface area contributed by atoms with Crippen LogP contribution in [0.25, 0.3) is 0 Å². The largest absolute Gasteiger partial charge is 0.408 e. The molecule has 1 aromatic rings. The minimum Gasteiger partial charge on any atom is -0.343 e. The van der Waals surface area contributed by atoms with Crippen LogP contribution in [0.4, 0.5) is 22.0 Å². The SMILES string of the molecule is C=CCC(NC(=O)[C@@H]1C[C@@H](F)CN1S(=O)(=O)c1ccc(F)cc1)C(F)(F)F. The highest BCUT2D eigenvalue weighted by molar-refractivity contribution is 7.89. The maximum absolute atomic E-state index is 13.8. The van der Waals surface area contributed by atoms with Gasteiger partial charge in [0.1, 0.15) is 24.1 Å². The highest BCUT2D eigenvalue weighted by Gasteiger charge is 2.47. The summed E-state index contributed by atoms with van der Waals surface area (Å²) in [4.78, 5) is 11.9. The third-order valence-electron chi connectivity index (χ3n) is 4.04. The van der Waals surface area contributed by atoms with E-state index in [1.807, 2.05) is 0 Å². The molecule has 1 amide bonds. The molecule has 1 heterocycles. The van der Waals surface area contributed by atoms with Gasteiger partial charge in [-0.3, -0.25) is 4.79 Å². The van der Waals surface area contributed by atoms with Crippen LogP contribution in [-0.2, 0) is 14.8 Å². The molecule has 2 rings (SSSR count). The zero-order valence-electron chi connectivity index (χ0n) is 13.9. The van der Waals surface area contributed by atoms with Crippen LogP contribution in [-0.4, -0.2) is 49.6 Å². The lowest BCUT2D eigenvalue weighted by Gasteiger charge is -2.26. The Bertz CT molecular complexity index is 795. The maximum Gasteiger partial charge on any atom is 0.408 e. The van der Waals surface area contributed by atoms with E-state index in [9.17, 15) is 35.2 Å². The summed E-state index contributed by atoms with van der Waals surface area (Å²) < 4.78 is 91.5. The number of carbonyl (C=O) groups excluding carboxylic acids is 1. The summed E-state index contributed by atoms with van der Waals surface area (Å²) in [7, 11) is -4.40. The molecular weight excluding hydrogens is 395 g/mol. The number of amides is 1. The number of halogens is 5. The molecule has 1 unspecified atom stereocenters. The number of nitrogens with zero attached hydrogens (tertiary/aromatic N) is 1. The van der Waals surface area contributed by atoms with Crippen LogP contribution in [0.5, 0.6) is 0 Å². The van der Waals surface area contributed by atoms with Gasteiger partial charge in [0.15, 0.2) is 0 Å². The zero-order chi connectivity index (χ0) is 20.4. The van der Waals surface area contributed by atoms with Crippen molar-refractivity contribution in [1.82, 2.24) is 9.62 Å². The van der Waals surface area contributed by atoms with Gasteiger partial charge >= 0.3 is 6.18 Å². The molecule has 150 valence electrons. The molecule has 27 heavy (non-hydrogen) atoms.